The van der Waals surface area contributed by atoms with Crippen molar-refractivity contribution in [3.8, 4) is 0 Å². The van der Waals surface area contributed by atoms with E-state index in [1.165, 1.54) is 11.5 Å². The Kier molecular flexibility index (Phi) is 1.42. The number of nitrogens with zero attached hydrogens (tertiary/aromatic N) is 1. The molecule has 0 aliphatic rings. The second-order valence-electron chi connectivity index (χ2n) is 1.29. The van der Waals surface area contributed by atoms with E-state index in [2.05, 4.69) is 16.7 Å². The van der Waals surface area contributed by atoms with E-state index in [1.807, 2.05) is 6.07 Å². The van der Waals surface area contributed by atoms with E-state index in [0.717, 1.165) is 12.1 Å². The predicted molar refractivity (Wildman–Crippen MR) is 30.3 cm³/mol. The molecule has 0 N–H and O–H groups in total. The van der Waals surface area contributed by atoms with Crippen LogP contribution < -0.4 is 0 Å². The van der Waals surface area contributed by atoms with Crippen molar-refractivity contribution in [3.05, 3.63) is 17.1 Å². The monoisotopic (exact) mass is 112 g/mol. The summed E-state index contributed by atoms with van der Waals surface area (Å²) in [6, 6.07) is 1.92. The zero-order chi connectivity index (χ0) is 5.11. The first-order valence-electron chi connectivity index (χ1n) is 2.25. The van der Waals surface area contributed by atoms with E-state index in [-0.39, 0.29) is 0 Å². The fourth-order valence-corrected chi connectivity index (χ4v) is 0.913. The van der Waals surface area contributed by atoms with E-state index in [0.29, 0.717) is 0 Å². The molecule has 0 bridgehead atoms. The Hall–Kier alpha value is -0.370. The largest absolute Gasteiger partial charge is 0.197 e. The summed E-state index contributed by atoms with van der Waals surface area (Å²) >= 11 is 1.39. The van der Waals surface area contributed by atoms with Crippen LogP contribution in [0.25, 0.3) is 0 Å². The van der Waals surface area contributed by atoms with Crippen LogP contribution in [0, 0.1) is 5.38 Å². The molecule has 0 unspecified atom stereocenters. The minimum atomic E-state index is 1.03. The van der Waals surface area contributed by atoms with Gasteiger partial charge in [-0.3, -0.25) is 0 Å². The summed E-state index contributed by atoms with van der Waals surface area (Å²) in [6.45, 7) is 2.09. The second kappa shape index (κ2) is 2.07. The maximum Gasteiger partial charge on any atom is 0.0668 e. The lowest BCUT2D eigenvalue weighted by Gasteiger charge is -1.76. The van der Waals surface area contributed by atoms with Crippen LogP contribution in [0.4, 0.5) is 0 Å². The highest BCUT2D eigenvalue weighted by atomic mass is 32.1. The number of aryl methyl sites for hydroxylation is 1. The van der Waals surface area contributed by atoms with Gasteiger partial charge >= 0.3 is 0 Å². The van der Waals surface area contributed by atoms with Gasteiger partial charge in [0.15, 0.2) is 0 Å². The maximum absolute atomic E-state index is 4.02. The molecule has 1 aromatic rings. The molecule has 7 heavy (non-hydrogen) atoms. The van der Waals surface area contributed by atoms with Gasteiger partial charge in [0.25, 0.3) is 0 Å². The van der Waals surface area contributed by atoms with Gasteiger partial charge in [0, 0.05) is 0 Å². The molecular weight excluding hydrogens is 106 g/mol. The molecule has 1 heterocycles. The van der Waals surface area contributed by atoms with Crippen LogP contribution in [-0.2, 0) is 6.42 Å². The molecular formula is C5H6NS. The van der Waals surface area contributed by atoms with Crippen molar-refractivity contribution in [2.75, 3.05) is 0 Å². The average molecular weight is 112 g/mol. The number of hydrogen-bond acceptors (Lipinski definition) is 2. The summed E-state index contributed by atoms with van der Waals surface area (Å²) in [7, 11) is 0. The van der Waals surface area contributed by atoms with Crippen molar-refractivity contribution in [1.82, 2.24) is 4.37 Å². The van der Waals surface area contributed by atoms with Crippen molar-refractivity contribution in [3.63, 3.8) is 0 Å². The van der Waals surface area contributed by atoms with Gasteiger partial charge in [0.1, 0.15) is 0 Å². The minimum absolute atomic E-state index is 1.03. The van der Waals surface area contributed by atoms with Gasteiger partial charge in [-0.15, -0.1) is 0 Å². The average Bonchev–Trinajstić information content (AvgIpc) is 2.14. The first kappa shape index (κ1) is 4.78. The Bertz CT molecular complexity index is 123. The highest BCUT2D eigenvalue weighted by molar-refractivity contribution is 7.03. The summed E-state index contributed by atoms with van der Waals surface area (Å²) in [5.41, 5.74) is 1.14. The van der Waals surface area contributed by atoms with Gasteiger partial charge in [-0.05, 0) is 24.0 Å². The summed E-state index contributed by atoms with van der Waals surface area (Å²) in [5.74, 6) is 0. The molecule has 0 amide bonds. The van der Waals surface area contributed by atoms with E-state index in [4.69, 9.17) is 0 Å². The molecule has 1 rings (SSSR count). The summed E-state index contributed by atoms with van der Waals surface area (Å²) < 4.78 is 4.02. The molecule has 1 nitrogen and oxygen atoms in total. The molecule has 0 saturated heterocycles. The van der Waals surface area contributed by atoms with E-state index < -0.39 is 0 Å². The lowest BCUT2D eigenvalue weighted by Crippen LogP contribution is -1.72. The van der Waals surface area contributed by atoms with Gasteiger partial charge in [-0.2, -0.15) is 4.37 Å². The second-order valence-corrected chi connectivity index (χ2v) is 1.89. The van der Waals surface area contributed by atoms with Gasteiger partial charge < -0.3 is 0 Å². The standard InChI is InChI=1S/C5H6NS/c1-2-5-3-4-7-6-5/h3H,2H2,1H3. The molecule has 0 aromatic carbocycles. The number of aromatic nitrogens is 1. The molecule has 0 fully saturated rings. The van der Waals surface area contributed by atoms with Crippen LogP contribution in [-0.4, -0.2) is 4.37 Å². The quantitative estimate of drug-likeness (QED) is 0.536. The van der Waals surface area contributed by atoms with Gasteiger partial charge in [-0.25, -0.2) is 0 Å². The minimum Gasteiger partial charge on any atom is -0.197 e. The van der Waals surface area contributed by atoms with Crippen molar-refractivity contribution < 1.29 is 0 Å². The van der Waals surface area contributed by atoms with Gasteiger partial charge in [0.05, 0.1) is 11.1 Å². The molecule has 0 spiro atoms. The van der Waals surface area contributed by atoms with E-state index in [9.17, 15) is 0 Å². The van der Waals surface area contributed by atoms with Crippen LogP contribution in [0.1, 0.15) is 12.6 Å². The smallest absolute Gasteiger partial charge is 0.0668 e. The Labute approximate surface area is 47.2 Å². The third kappa shape index (κ3) is 0.996. The van der Waals surface area contributed by atoms with Crippen LogP contribution in [0.2, 0.25) is 0 Å². The third-order valence-corrected chi connectivity index (χ3v) is 1.35. The van der Waals surface area contributed by atoms with Crippen LogP contribution in [0.15, 0.2) is 6.07 Å². The van der Waals surface area contributed by atoms with Crippen LogP contribution in [0.5, 0.6) is 0 Å². The van der Waals surface area contributed by atoms with E-state index in [1.54, 1.807) is 0 Å². The fourth-order valence-electron chi connectivity index (χ4n) is 0.372. The number of rotatable bonds is 1. The highest BCUT2D eigenvalue weighted by Crippen LogP contribution is 1.97. The zero-order valence-electron chi connectivity index (χ0n) is 4.14. The van der Waals surface area contributed by atoms with Crippen LogP contribution in [0.3, 0.4) is 0 Å². The molecule has 2 heteroatoms. The molecule has 1 aromatic heterocycles. The number of hydrogen-bond donors (Lipinski definition) is 0. The molecule has 0 aliphatic heterocycles. The van der Waals surface area contributed by atoms with Crippen molar-refractivity contribution in [2.45, 2.75) is 13.3 Å². The van der Waals surface area contributed by atoms with Gasteiger partial charge in [-0.1, -0.05) is 6.92 Å². The lowest BCUT2D eigenvalue weighted by atomic mass is 10.4. The van der Waals surface area contributed by atoms with Gasteiger partial charge in [0.2, 0.25) is 0 Å². The van der Waals surface area contributed by atoms with Crippen molar-refractivity contribution in [2.24, 2.45) is 0 Å². The Morgan fingerprint density at radius 3 is 3.14 bits per heavy atom. The molecule has 37 valence electrons. The normalized spacial score (nSPS) is 9.29. The predicted octanol–water partition coefficient (Wildman–Crippen LogP) is 1.51. The van der Waals surface area contributed by atoms with E-state index >= 15 is 0 Å². The zero-order valence-corrected chi connectivity index (χ0v) is 4.96. The Morgan fingerprint density at radius 2 is 2.86 bits per heavy atom. The highest BCUT2D eigenvalue weighted by Gasteiger charge is 1.85. The summed E-state index contributed by atoms with van der Waals surface area (Å²) in [6.07, 6.45) is 1.03. The first-order valence-corrected chi connectivity index (χ1v) is 3.02. The third-order valence-electron chi connectivity index (χ3n) is 0.803. The SMILES string of the molecule is CCc1c[c]sn1. The topological polar surface area (TPSA) is 12.9 Å². The van der Waals surface area contributed by atoms with Crippen molar-refractivity contribution >= 4 is 11.5 Å². The molecule has 0 saturated carbocycles. The fraction of sp³-hybridized carbons (Fsp3) is 0.400. The van der Waals surface area contributed by atoms with Crippen LogP contribution >= 0.6 is 11.5 Å². The first-order chi connectivity index (χ1) is 3.43. The summed E-state index contributed by atoms with van der Waals surface area (Å²) in [5, 5.41) is 2.91. The van der Waals surface area contributed by atoms with Crippen molar-refractivity contribution in [1.29, 1.82) is 0 Å². The Morgan fingerprint density at radius 1 is 2.00 bits per heavy atom. The molecule has 0 aliphatic carbocycles. The molecule has 0 atom stereocenters. The lowest BCUT2D eigenvalue weighted by molar-refractivity contribution is 1.09. The molecule has 1 radical (unpaired) electrons. The Balaban J connectivity index is 2.76. The maximum atomic E-state index is 4.02. The summed E-state index contributed by atoms with van der Waals surface area (Å²) in [4.78, 5) is 0.